The quantitative estimate of drug-likeness (QED) is 0.732. The summed E-state index contributed by atoms with van der Waals surface area (Å²) in [6.07, 6.45) is 0.790. The SMILES string of the molecule is O=Cc1ccc(Sc2ccccc2Br)c(Cl)c1. The Bertz CT molecular complexity index is 557. The zero-order chi connectivity index (χ0) is 12.3. The molecule has 0 fully saturated rings. The lowest BCUT2D eigenvalue weighted by molar-refractivity contribution is 0.112. The summed E-state index contributed by atoms with van der Waals surface area (Å²) in [6, 6.07) is 13.2. The van der Waals surface area contributed by atoms with Crippen molar-refractivity contribution in [3.8, 4) is 0 Å². The molecule has 0 heterocycles. The van der Waals surface area contributed by atoms with Crippen LogP contribution in [0.2, 0.25) is 5.02 Å². The van der Waals surface area contributed by atoms with E-state index in [-0.39, 0.29) is 0 Å². The summed E-state index contributed by atoms with van der Waals surface area (Å²) in [7, 11) is 0. The van der Waals surface area contributed by atoms with Gasteiger partial charge in [0.1, 0.15) is 6.29 Å². The molecule has 0 bridgehead atoms. The third kappa shape index (κ3) is 3.12. The predicted octanol–water partition coefficient (Wildman–Crippen LogP) is 5.07. The van der Waals surface area contributed by atoms with E-state index in [0.717, 1.165) is 20.5 Å². The van der Waals surface area contributed by atoms with Crippen molar-refractivity contribution in [1.82, 2.24) is 0 Å². The fourth-order valence-electron chi connectivity index (χ4n) is 1.32. The minimum Gasteiger partial charge on any atom is -0.298 e. The Hall–Kier alpha value is -0.770. The van der Waals surface area contributed by atoms with E-state index in [1.165, 1.54) is 0 Å². The maximum absolute atomic E-state index is 10.6. The van der Waals surface area contributed by atoms with Gasteiger partial charge < -0.3 is 0 Å². The Morgan fingerprint density at radius 1 is 1.12 bits per heavy atom. The van der Waals surface area contributed by atoms with Gasteiger partial charge in [-0.2, -0.15) is 0 Å². The van der Waals surface area contributed by atoms with Crippen LogP contribution in [0.25, 0.3) is 0 Å². The molecular formula is C13H8BrClOS. The Balaban J connectivity index is 2.31. The number of halogens is 2. The summed E-state index contributed by atoms with van der Waals surface area (Å²) in [6.45, 7) is 0. The van der Waals surface area contributed by atoms with Crippen molar-refractivity contribution in [3.63, 3.8) is 0 Å². The normalized spacial score (nSPS) is 10.2. The van der Waals surface area contributed by atoms with E-state index in [4.69, 9.17) is 11.6 Å². The molecule has 1 nitrogen and oxygen atoms in total. The Morgan fingerprint density at radius 3 is 2.53 bits per heavy atom. The minimum atomic E-state index is 0.589. The molecule has 86 valence electrons. The van der Waals surface area contributed by atoms with Crippen molar-refractivity contribution in [2.75, 3.05) is 0 Å². The van der Waals surface area contributed by atoms with Crippen molar-refractivity contribution in [2.45, 2.75) is 9.79 Å². The van der Waals surface area contributed by atoms with Crippen LogP contribution in [0.4, 0.5) is 0 Å². The number of rotatable bonds is 3. The molecule has 2 rings (SSSR count). The summed E-state index contributed by atoms with van der Waals surface area (Å²) in [5.41, 5.74) is 0.589. The molecule has 0 aromatic heterocycles. The average molecular weight is 328 g/mol. The largest absolute Gasteiger partial charge is 0.298 e. The number of carbonyl (C=O) groups is 1. The molecule has 0 aliphatic rings. The zero-order valence-electron chi connectivity index (χ0n) is 8.69. The van der Waals surface area contributed by atoms with Crippen LogP contribution in [0.15, 0.2) is 56.7 Å². The van der Waals surface area contributed by atoms with E-state index < -0.39 is 0 Å². The molecule has 0 unspecified atom stereocenters. The summed E-state index contributed by atoms with van der Waals surface area (Å²) in [5.74, 6) is 0. The second-order valence-electron chi connectivity index (χ2n) is 3.34. The summed E-state index contributed by atoms with van der Waals surface area (Å²) in [5, 5.41) is 0.593. The predicted molar refractivity (Wildman–Crippen MR) is 75.1 cm³/mol. The first-order chi connectivity index (χ1) is 8.20. The summed E-state index contributed by atoms with van der Waals surface area (Å²) in [4.78, 5) is 12.6. The fraction of sp³-hybridized carbons (Fsp3) is 0. The van der Waals surface area contributed by atoms with Gasteiger partial charge in [-0.15, -0.1) is 0 Å². The molecule has 0 spiro atoms. The maximum atomic E-state index is 10.6. The lowest BCUT2D eigenvalue weighted by Crippen LogP contribution is -1.82. The number of hydrogen-bond donors (Lipinski definition) is 0. The smallest absolute Gasteiger partial charge is 0.150 e. The van der Waals surface area contributed by atoms with Crippen LogP contribution in [-0.2, 0) is 0 Å². The number of aldehydes is 1. The molecule has 0 saturated carbocycles. The molecule has 0 N–H and O–H groups in total. The fourth-order valence-corrected chi connectivity index (χ4v) is 2.99. The van der Waals surface area contributed by atoms with Crippen LogP contribution >= 0.6 is 39.3 Å². The molecule has 0 radical (unpaired) electrons. The van der Waals surface area contributed by atoms with Gasteiger partial charge in [-0.25, -0.2) is 0 Å². The lowest BCUT2D eigenvalue weighted by atomic mass is 10.2. The van der Waals surface area contributed by atoms with E-state index in [1.54, 1.807) is 23.9 Å². The second-order valence-corrected chi connectivity index (χ2v) is 5.69. The van der Waals surface area contributed by atoms with Gasteiger partial charge in [0.05, 0.1) is 5.02 Å². The van der Waals surface area contributed by atoms with Crippen molar-refractivity contribution < 1.29 is 4.79 Å². The highest BCUT2D eigenvalue weighted by Crippen LogP contribution is 2.37. The highest BCUT2D eigenvalue weighted by molar-refractivity contribution is 9.10. The van der Waals surface area contributed by atoms with E-state index in [9.17, 15) is 4.79 Å². The van der Waals surface area contributed by atoms with E-state index >= 15 is 0 Å². The molecule has 0 saturated heterocycles. The van der Waals surface area contributed by atoms with Gasteiger partial charge in [0, 0.05) is 19.8 Å². The molecule has 0 amide bonds. The maximum Gasteiger partial charge on any atom is 0.150 e. The molecular weight excluding hydrogens is 320 g/mol. The Kier molecular flexibility index (Phi) is 4.26. The van der Waals surface area contributed by atoms with Crippen molar-refractivity contribution in [2.24, 2.45) is 0 Å². The molecule has 0 aliphatic carbocycles. The van der Waals surface area contributed by atoms with Gasteiger partial charge in [0.15, 0.2) is 0 Å². The third-order valence-electron chi connectivity index (χ3n) is 2.15. The lowest BCUT2D eigenvalue weighted by Gasteiger charge is -2.06. The average Bonchev–Trinajstić information content (AvgIpc) is 2.34. The van der Waals surface area contributed by atoms with E-state index in [2.05, 4.69) is 15.9 Å². The standard InChI is InChI=1S/C13H8BrClOS/c14-10-3-1-2-4-12(10)17-13-6-5-9(8-16)7-11(13)15/h1-8H. The van der Waals surface area contributed by atoms with Crippen molar-refractivity contribution >= 4 is 45.6 Å². The van der Waals surface area contributed by atoms with Crippen LogP contribution in [-0.4, -0.2) is 6.29 Å². The highest BCUT2D eigenvalue weighted by Gasteiger charge is 2.06. The third-order valence-corrected chi connectivity index (χ3v) is 4.68. The molecule has 2 aromatic carbocycles. The number of carbonyl (C=O) groups excluding carboxylic acids is 1. The van der Waals surface area contributed by atoms with Crippen LogP contribution in [0.3, 0.4) is 0 Å². The van der Waals surface area contributed by atoms with E-state index in [0.29, 0.717) is 10.6 Å². The van der Waals surface area contributed by atoms with Crippen molar-refractivity contribution in [3.05, 3.63) is 57.5 Å². The Labute approximate surface area is 117 Å². The summed E-state index contributed by atoms with van der Waals surface area (Å²) >= 11 is 11.2. The van der Waals surface area contributed by atoms with Crippen LogP contribution in [0.1, 0.15) is 10.4 Å². The minimum absolute atomic E-state index is 0.589. The van der Waals surface area contributed by atoms with Gasteiger partial charge in [-0.3, -0.25) is 4.79 Å². The second kappa shape index (κ2) is 5.71. The first kappa shape index (κ1) is 12.7. The molecule has 17 heavy (non-hydrogen) atoms. The first-order valence-corrected chi connectivity index (χ1v) is 6.86. The van der Waals surface area contributed by atoms with Gasteiger partial charge in [0.2, 0.25) is 0 Å². The van der Waals surface area contributed by atoms with Gasteiger partial charge in [-0.1, -0.05) is 41.6 Å². The zero-order valence-corrected chi connectivity index (χ0v) is 11.8. The van der Waals surface area contributed by atoms with Crippen molar-refractivity contribution in [1.29, 1.82) is 0 Å². The Morgan fingerprint density at radius 2 is 1.88 bits per heavy atom. The molecule has 4 heteroatoms. The number of benzene rings is 2. The van der Waals surface area contributed by atoms with Crippen LogP contribution in [0.5, 0.6) is 0 Å². The first-order valence-electron chi connectivity index (χ1n) is 4.88. The monoisotopic (exact) mass is 326 g/mol. The van der Waals surface area contributed by atoms with E-state index in [1.807, 2.05) is 30.3 Å². The molecule has 2 aromatic rings. The number of hydrogen-bond acceptors (Lipinski definition) is 2. The van der Waals surface area contributed by atoms with Crippen LogP contribution in [0, 0.1) is 0 Å². The topological polar surface area (TPSA) is 17.1 Å². The van der Waals surface area contributed by atoms with Gasteiger partial charge >= 0.3 is 0 Å². The molecule has 0 aliphatic heterocycles. The molecule has 0 atom stereocenters. The summed E-state index contributed by atoms with van der Waals surface area (Å²) < 4.78 is 1.03. The van der Waals surface area contributed by atoms with Gasteiger partial charge in [0.25, 0.3) is 0 Å². The van der Waals surface area contributed by atoms with Crippen LogP contribution < -0.4 is 0 Å². The highest BCUT2D eigenvalue weighted by atomic mass is 79.9. The van der Waals surface area contributed by atoms with Gasteiger partial charge in [-0.05, 0) is 40.2 Å².